The van der Waals surface area contributed by atoms with Gasteiger partial charge in [-0.15, -0.1) is 0 Å². The first-order chi connectivity index (χ1) is 13.7. The summed E-state index contributed by atoms with van der Waals surface area (Å²) in [5.41, 5.74) is -0.165. The molecule has 0 amide bonds. The van der Waals surface area contributed by atoms with E-state index in [-0.39, 0.29) is 33.2 Å². The Morgan fingerprint density at radius 2 is 2.10 bits per heavy atom. The molecule has 1 saturated heterocycles. The second-order valence-corrected chi connectivity index (χ2v) is 10.9. The summed E-state index contributed by atoms with van der Waals surface area (Å²) < 4.78 is 26.1. The van der Waals surface area contributed by atoms with E-state index in [0.29, 0.717) is 12.8 Å². The van der Waals surface area contributed by atoms with Crippen LogP contribution in [0.2, 0.25) is 0 Å². The number of halogens is 2. The number of hydrogen-bond acceptors (Lipinski definition) is 4. The molecule has 0 aromatic rings. The molecule has 1 saturated carbocycles. The van der Waals surface area contributed by atoms with Crippen LogP contribution in [0.25, 0.3) is 0 Å². The fourth-order valence-corrected chi connectivity index (χ4v) is 5.63. The van der Waals surface area contributed by atoms with Crippen LogP contribution < -0.4 is 0 Å². The third-order valence-electron chi connectivity index (χ3n) is 6.68. The average molecular weight is 524 g/mol. The number of aliphatic hydroxyl groups is 1. The van der Waals surface area contributed by atoms with E-state index < -0.39 is 18.4 Å². The summed E-state index contributed by atoms with van der Waals surface area (Å²) in [5.74, 6) is -0.226. The molecule has 1 N–H and O–H groups in total. The second kappa shape index (κ2) is 11.4. The lowest BCUT2D eigenvalue weighted by Gasteiger charge is -2.29. The number of hydrogen-bond donors (Lipinski definition) is 1. The predicted octanol–water partition coefficient (Wildman–Crippen LogP) is 5.40. The Balaban J connectivity index is 1.91. The highest BCUT2D eigenvalue weighted by Crippen LogP contribution is 2.47. The minimum atomic E-state index is -0.998. The third kappa shape index (κ3) is 6.63. The Bertz CT molecular complexity index is 553. The van der Waals surface area contributed by atoms with E-state index in [4.69, 9.17) is 4.74 Å². The Morgan fingerprint density at radius 1 is 1.38 bits per heavy atom. The highest BCUT2D eigenvalue weighted by atomic mass is 127. The van der Waals surface area contributed by atoms with Crippen molar-refractivity contribution in [3.05, 3.63) is 12.2 Å². The fourth-order valence-electron chi connectivity index (χ4n) is 4.62. The van der Waals surface area contributed by atoms with Gasteiger partial charge in [0, 0.05) is 16.3 Å². The van der Waals surface area contributed by atoms with Crippen molar-refractivity contribution in [3.63, 3.8) is 0 Å². The number of methoxy groups -OCH3 is 1. The summed E-state index contributed by atoms with van der Waals surface area (Å²) in [7, 11) is 1.39. The number of rotatable bonds is 11. The Labute approximate surface area is 189 Å². The number of fused-ring (bicyclic) bond motifs is 1. The number of carbonyl (C=O) groups is 1. The third-order valence-corrected chi connectivity index (χ3v) is 8.01. The van der Waals surface area contributed by atoms with E-state index in [0.717, 1.165) is 38.5 Å². The molecular formula is C23H38FIO4. The van der Waals surface area contributed by atoms with Crippen molar-refractivity contribution in [3.8, 4) is 0 Å². The molecule has 0 aromatic carbocycles. The minimum Gasteiger partial charge on any atom is -0.469 e. The molecule has 2 unspecified atom stereocenters. The molecule has 0 spiro atoms. The summed E-state index contributed by atoms with van der Waals surface area (Å²) in [6.07, 6.45) is 8.74. The number of esters is 1. The minimum absolute atomic E-state index is 0.0345. The lowest BCUT2D eigenvalue weighted by atomic mass is 9.80. The standard InChI is InChI=1S/C23H38FIO4/c1-5-6-14-23(2,3)18(26)13-11-15-10-12-17-20(15)21(24)22(29-17)16(25)8-7-9-19(27)28-4/h11,13,15-18,20-22,26H,5-10,12,14H2,1-4H3/b13-11+/t15-,16?,17-,18-,20-,21?,22+/m1/s1. The highest BCUT2D eigenvalue weighted by molar-refractivity contribution is 14.1. The molecule has 0 bridgehead atoms. The van der Waals surface area contributed by atoms with Gasteiger partial charge >= 0.3 is 5.97 Å². The van der Waals surface area contributed by atoms with Gasteiger partial charge in [-0.2, -0.15) is 0 Å². The average Bonchev–Trinajstić information content (AvgIpc) is 3.24. The molecule has 29 heavy (non-hydrogen) atoms. The quantitative estimate of drug-likeness (QED) is 0.170. The zero-order valence-corrected chi connectivity index (χ0v) is 20.4. The normalized spacial score (nSPS) is 31.8. The van der Waals surface area contributed by atoms with Crippen molar-refractivity contribution in [1.29, 1.82) is 0 Å². The Morgan fingerprint density at radius 3 is 2.76 bits per heavy atom. The molecular weight excluding hydrogens is 486 g/mol. The van der Waals surface area contributed by atoms with Crippen molar-refractivity contribution in [1.82, 2.24) is 0 Å². The van der Waals surface area contributed by atoms with Crippen LogP contribution in [-0.2, 0) is 14.3 Å². The smallest absolute Gasteiger partial charge is 0.305 e. The van der Waals surface area contributed by atoms with Crippen LogP contribution >= 0.6 is 22.6 Å². The first-order valence-electron chi connectivity index (χ1n) is 11.1. The summed E-state index contributed by atoms with van der Waals surface area (Å²) >= 11 is 2.27. The topological polar surface area (TPSA) is 55.8 Å². The van der Waals surface area contributed by atoms with Gasteiger partial charge in [-0.1, -0.05) is 68.4 Å². The monoisotopic (exact) mass is 524 g/mol. The van der Waals surface area contributed by atoms with Gasteiger partial charge in [-0.05, 0) is 43.4 Å². The van der Waals surface area contributed by atoms with Gasteiger partial charge < -0.3 is 14.6 Å². The lowest BCUT2D eigenvalue weighted by Crippen LogP contribution is -2.32. The van der Waals surface area contributed by atoms with Crippen molar-refractivity contribution >= 4 is 28.6 Å². The summed E-state index contributed by atoms with van der Waals surface area (Å²) in [6, 6.07) is 0. The molecule has 7 atom stereocenters. The SMILES string of the molecule is CCCCC(C)(C)[C@H](O)/C=C/[C@H]1CC[C@H]2O[C@@H](C(I)CCCC(=O)OC)C(F)[C@H]12. The lowest BCUT2D eigenvalue weighted by molar-refractivity contribution is -0.140. The van der Waals surface area contributed by atoms with Gasteiger partial charge in [0.05, 0.1) is 19.3 Å². The number of ether oxygens (including phenoxy) is 2. The van der Waals surface area contributed by atoms with E-state index in [1.54, 1.807) is 0 Å². The number of alkyl halides is 2. The van der Waals surface area contributed by atoms with Crippen LogP contribution in [-0.4, -0.2) is 46.6 Å². The molecule has 0 aromatic heterocycles. The van der Waals surface area contributed by atoms with Crippen LogP contribution in [0, 0.1) is 17.3 Å². The van der Waals surface area contributed by atoms with Gasteiger partial charge in [0.2, 0.25) is 0 Å². The Kier molecular flexibility index (Phi) is 9.87. The van der Waals surface area contributed by atoms with E-state index in [1.165, 1.54) is 7.11 Å². The van der Waals surface area contributed by atoms with Gasteiger partial charge in [0.15, 0.2) is 0 Å². The molecule has 1 aliphatic heterocycles. The first-order valence-corrected chi connectivity index (χ1v) is 12.3. The van der Waals surface area contributed by atoms with Crippen LogP contribution in [0.5, 0.6) is 0 Å². The molecule has 6 heteroatoms. The maximum atomic E-state index is 15.3. The van der Waals surface area contributed by atoms with Gasteiger partial charge in [0.25, 0.3) is 0 Å². The van der Waals surface area contributed by atoms with Gasteiger partial charge in [-0.3, -0.25) is 4.79 Å². The second-order valence-electron chi connectivity index (χ2n) is 9.31. The summed E-state index contributed by atoms with van der Waals surface area (Å²) in [6.45, 7) is 6.35. The number of unbranched alkanes of at least 4 members (excludes halogenated alkanes) is 1. The van der Waals surface area contributed by atoms with Crippen LogP contribution in [0.4, 0.5) is 4.39 Å². The fraction of sp³-hybridized carbons (Fsp3) is 0.870. The summed E-state index contributed by atoms with van der Waals surface area (Å²) in [5, 5.41) is 10.6. The molecule has 168 valence electrons. The van der Waals surface area contributed by atoms with Crippen molar-refractivity contribution < 1.29 is 23.8 Å². The van der Waals surface area contributed by atoms with Crippen molar-refractivity contribution in [2.24, 2.45) is 17.3 Å². The summed E-state index contributed by atoms with van der Waals surface area (Å²) in [4.78, 5) is 11.3. The molecule has 1 aliphatic carbocycles. The largest absolute Gasteiger partial charge is 0.469 e. The van der Waals surface area contributed by atoms with E-state index in [1.807, 2.05) is 12.2 Å². The van der Waals surface area contributed by atoms with Gasteiger partial charge in [0.1, 0.15) is 12.3 Å². The number of aliphatic hydroxyl groups excluding tert-OH is 1. The molecule has 1 heterocycles. The first kappa shape index (κ1) is 25.1. The van der Waals surface area contributed by atoms with E-state index >= 15 is 4.39 Å². The zero-order valence-electron chi connectivity index (χ0n) is 18.3. The highest BCUT2D eigenvalue weighted by Gasteiger charge is 2.52. The molecule has 0 radical (unpaired) electrons. The van der Waals surface area contributed by atoms with E-state index in [2.05, 4.69) is 48.1 Å². The maximum absolute atomic E-state index is 15.3. The van der Waals surface area contributed by atoms with Crippen molar-refractivity contribution in [2.75, 3.05) is 7.11 Å². The molecule has 4 nitrogen and oxygen atoms in total. The number of allylic oxidation sites excluding steroid dienone is 1. The zero-order chi connectivity index (χ0) is 21.6. The van der Waals surface area contributed by atoms with Crippen LogP contribution in [0.3, 0.4) is 0 Å². The number of carbonyl (C=O) groups excluding carboxylic acids is 1. The van der Waals surface area contributed by atoms with Crippen LogP contribution in [0.15, 0.2) is 12.2 Å². The Hall–Kier alpha value is -0.210. The van der Waals surface area contributed by atoms with Crippen molar-refractivity contribution in [2.45, 2.75) is 101 Å². The molecule has 2 rings (SSSR count). The maximum Gasteiger partial charge on any atom is 0.305 e. The van der Waals surface area contributed by atoms with Crippen LogP contribution in [0.1, 0.15) is 72.1 Å². The predicted molar refractivity (Wildman–Crippen MR) is 122 cm³/mol. The van der Waals surface area contributed by atoms with Gasteiger partial charge in [-0.25, -0.2) is 4.39 Å². The molecule has 2 fully saturated rings. The van der Waals surface area contributed by atoms with E-state index in [9.17, 15) is 9.90 Å². The molecule has 2 aliphatic rings.